The number of carbonyl (C=O) groups excluding carboxylic acids is 2. The summed E-state index contributed by atoms with van der Waals surface area (Å²) in [5.41, 5.74) is -0.0574. The van der Waals surface area contributed by atoms with Gasteiger partial charge in [-0.05, 0) is 54.8 Å². The number of aliphatic hydroxyl groups is 1. The molecule has 0 aliphatic carbocycles. The van der Waals surface area contributed by atoms with E-state index in [9.17, 15) is 23.5 Å². The topological polar surface area (TPSA) is 76.1 Å². The van der Waals surface area contributed by atoms with Crippen molar-refractivity contribution in [2.45, 2.75) is 31.3 Å². The van der Waals surface area contributed by atoms with Gasteiger partial charge in [0.1, 0.15) is 17.2 Å². The number of aliphatic hydroxyl groups excluding tert-OH is 1. The smallest absolute Gasteiger partial charge is 0.321 e. The first kappa shape index (κ1) is 26.8. The summed E-state index contributed by atoms with van der Waals surface area (Å²) in [5, 5.41) is 13.7. The van der Waals surface area contributed by atoms with Crippen molar-refractivity contribution in [3.8, 4) is 0 Å². The SMILES string of the molecule is CCNCC(=O)N1CCC(N(C)C(=O)N2CC(c3cc(F)ccc3F)=CC2(CO)c2ccccc2)CC1. The first-order chi connectivity index (χ1) is 17.8. The highest BCUT2D eigenvalue weighted by molar-refractivity contribution is 5.84. The fourth-order valence-corrected chi connectivity index (χ4v) is 5.25. The molecule has 2 aromatic carbocycles. The minimum absolute atomic E-state index is 0.0129. The molecule has 2 heterocycles. The van der Waals surface area contributed by atoms with Crippen molar-refractivity contribution < 1.29 is 23.5 Å². The van der Waals surface area contributed by atoms with Crippen molar-refractivity contribution in [2.75, 3.05) is 46.4 Å². The number of likely N-dealkylation sites (tertiary alicyclic amines) is 1. The first-order valence-electron chi connectivity index (χ1n) is 12.7. The summed E-state index contributed by atoms with van der Waals surface area (Å²) >= 11 is 0. The van der Waals surface area contributed by atoms with Crippen LogP contribution in [-0.4, -0.2) is 84.2 Å². The molecule has 1 fully saturated rings. The number of amides is 3. The molecule has 1 unspecified atom stereocenters. The maximum absolute atomic E-state index is 14.7. The predicted molar refractivity (Wildman–Crippen MR) is 138 cm³/mol. The van der Waals surface area contributed by atoms with Gasteiger partial charge in [0.25, 0.3) is 0 Å². The second-order valence-corrected chi connectivity index (χ2v) is 9.61. The van der Waals surface area contributed by atoms with Crippen molar-refractivity contribution in [3.05, 3.63) is 77.4 Å². The summed E-state index contributed by atoms with van der Waals surface area (Å²) in [6, 6.07) is 11.9. The molecule has 1 saturated heterocycles. The average molecular weight is 513 g/mol. The summed E-state index contributed by atoms with van der Waals surface area (Å²) in [7, 11) is 1.72. The lowest BCUT2D eigenvalue weighted by Crippen LogP contribution is -2.56. The van der Waals surface area contributed by atoms with Gasteiger partial charge in [0.15, 0.2) is 0 Å². The van der Waals surface area contributed by atoms with E-state index in [4.69, 9.17) is 0 Å². The van der Waals surface area contributed by atoms with Gasteiger partial charge in [-0.25, -0.2) is 13.6 Å². The van der Waals surface area contributed by atoms with Crippen LogP contribution >= 0.6 is 0 Å². The molecule has 0 bridgehead atoms. The number of rotatable bonds is 7. The minimum atomic E-state index is -1.23. The first-order valence-corrected chi connectivity index (χ1v) is 12.7. The Bertz CT molecular complexity index is 1150. The fraction of sp³-hybridized carbons (Fsp3) is 0.429. The largest absolute Gasteiger partial charge is 0.393 e. The molecule has 0 radical (unpaired) electrons. The zero-order valence-corrected chi connectivity index (χ0v) is 21.3. The lowest BCUT2D eigenvalue weighted by atomic mass is 9.89. The summed E-state index contributed by atoms with van der Waals surface area (Å²) in [5.74, 6) is -1.13. The van der Waals surface area contributed by atoms with Gasteiger partial charge < -0.3 is 25.1 Å². The summed E-state index contributed by atoms with van der Waals surface area (Å²) in [4.78, 5) is 31.3. The second-order valence-electron chi connectivity index (χ2n) is 9.61. The molecular formula is C28H34F2N4O3. The number of urea groups is 1. The van der Waals surface area contributed by atoms with E-state index in [1.807, 2.05) is 42.2 Å². The van der Waals surface area contributed by atoms with E-state index in [-0.39, 0.29) is 30.1 Å². The van der Waals surface area contributed by atoms with Gasteiger partial charge in [-0.3, -0.25) is 4.79 Å². The maximum atomic E-state index is 14.7. The molecule has 37 heavy (non-hydrogen) atoms. The van der Waals surface area contributed by atoms with E-state index in [0.717, 1.165) is 24.7 Å². The van der Waals surface area contributed by atoms with Gasteiger partial charge in [-0.1, -0.05) is 37.3 Å². The van der Waals surface area contributed by atoms with Crippen LogP contribution in [0.4, 0.5) is 13.6 Å². The number of hydrogen-bond acceptors (Lipinski definition) is 4. The van der Waals surface area contributed by atoms with Gasteiger partial charge in [0, 0.05) is 38.3 Å². The Morgan fingerprint density at radius 2 is 1.84 bits per heavy atom. The Kier molecular flexibility index (Phi) is 8.24. The van der Waals surface area contributed by atoms with E-state index < -0.39 is 23.8 Å². The van der Waals surface area contributed by atoms with Gasteiger partial charge in [-0.2, -0.15) is 0 Å². The van der Waals surface area contributed by atoms with E-state index in [0.29, 0.717) is 43.6 Å². The van der Waals surface area contributed by atoms with E-state index in [1.54, 1.807) is 18.0 Å². The summed E-state index contributed by atoms with van der Waals surface area (Å²) < 4.78 is 28.7. The normalized spacial score (nSPS) is 20.2. The Morgan fingerprint density at radius 1 is 1.14 bits per heavy atom. The summed E-state index contributed by atoms with van der Waals surface area (Å²) in [6.07, 6.45) is 2.93. The average Bonchev–Trinajstić information content (AvgIpc) is 3.33. The highest BCUT2D eigenvalue weighted by atomic mass is 19.1. The molecule has 2 N–H and O–H groups in total. The number of carbonyl (C=O) groups is 2. The lowest BCUT2D eigenvalue weighted by molar-refractivity contribution is -0.131. The number of piperidine rings is 1. The number of benzene rings is 2. The van der Waals surface area contributed by atoms with Gasteiger partial charge in [0.05, 0.1) is 13.2 Å². The Hall–Kier alpha value is -3.30. The molecule has 4 rings (SSSR count). The second kappa shape index (κ2) is 11.4. The quantitative estimate of drug-likeness (QED) is 0.598. The molecule has 0 spiro atoms. The van der Waals surface area contributed by atoms with Crippen molar-refractivity contribution in [1.29, 1.82) is 0 Å². The van der Waals surface area contributed by atoms with Crippen LogP contribution in [0.3, 0.4) is 0 Å². The lowest BCUT2D eigenvalue weighted by Gasteiger charge is -2.43. The van der Waals surface area contributed by atoms with Crippen molar-refractivity contribution in [3.63, 3.8) is 0 Å². The van der Waals surface area contributed by atoms with Crippen molar-refractivity contribution in [1.82, 2.24) is 20.0 Å². The van der Waals surface area contributed by atoms with Crippen LogP contribution in [0.1, 0.15) is 30.9 Å². The van der Waals surface area contributed by atoms with Gasteiger partial charge in [0.2, 0.25) is 5.91 Å². The molecule has 2 aromatic rings. The molecule has 3 amide bonds. The van der Waals surface area contributed by atoms with E-state index >= 15 is 0 Å². The monoisotopic (exact) mass is 512 g/mol. The van der Waals surface area contributed by atoms with Crippen LogP contribution < -0.4 is 5.32 Å². The summed E-state index contributed by atoms with van der Waals surface area (Å²) in [6.45, 7) is 3.66. The third-order valence-electron chi connectivity index (χ3n) is 7.44. The Labute approximate surface area is 216 Å². The van der Waals surface area contributed by atoms with Crippen LogP contribution in [0.5, 0.6) is 0 Å². The zero-order valence-electron chi connectivity index (χ0n) is 21.3. The third kappa shape index (κ3) is 5.38. The van der Waals surface area contributed by atoms with E-state index in [1.165, 1.54) is 4.90 Å². The van der Waals surface area contributed by atoms with Crippen LogP contribution in [0.2, 0.25) is 0 Å². The van der Waals surface area contributed by atoms with Crippen LogP contribution in [0, 0.1) is 11.6 Å². The molecule has 0 saturated carbocycles. The fourth-order valence-electron chi connectivity index (χ4n) is 5.25. The Morgan fingerprint density at radius 3 is 2.49 bits per heavy atom. The molecule has 1 atom stereocenters. The maximum Gasteiger partial charge on any atom is 0.321 e. The molecule has 2 aliphatic rings. The predicted octanol–water partition coefficient (Wildman–Crippen LogP) is 3.20. The highest BCUT2D eigenvalue weighted by Crippen LogP contribution is 2.41. The number of halogens is 2. The van der Waals surface area contributed by atoms with Crippen LogP contribution in [-0.2, 0) is 10.3 Å². The molecule has 198 valence electrons. The zero-order chi connectivity index (χ0) is 26.6. The van der Waals surface area contributed by atoms with Crippen molar-refractivity contribution >= 4 is 17.5 Å². The van der Waals surface area contributed by atoms with Crippen LogP contribution in [0.15, 0.2) is 54.6 Å². The number of hydrogen-bond donors (Lipinski definition) is 2. The van der Waals surface area contributed by atoms with Gasteiger partial charge >= 0.3 is 6.03 Å². The van der Waals surface area contributed by atoms with Crippen molar-refractivity contribution in [2.24, 2.45) is 0 Å². The molecule has 9 heteroatoms. The van der Waals surface area contributed by atoms with E-state index in [2.05, 4.69) is 5.32 Å². The molecule has 0 aromatic heterocycles. The molecule has 7 nitrogen and oxygen atoms in total. The Balaban J connectivity index is 1.59. The minimum Gasteiger partial charge on any atom is -0.393 e. The standard InChI is InChI=1S/C28H34F2N4O3/c1-3-31-17-26(36)33-13-11-23(12-14-33)32(2)27(37)34-18-20(24-15-22(29)9-10-25(24)30)16-28(34,19-35)21-7-5-4-6-8-21/h4-10,15-16,23,31,35H,3,11-14,17-19H2,1-2H3. The highest BCUT2D eigenvalue weighted by Gasteiger charge is 2.46. The number of nitrogens with zero attached hydrogens (tertiary/aromatic N) is 3. The molecule has 2 aliphatic heterocycles. The van der Waals surface area contributed by atoms with Crippen LogP contribution in [0.25, 0.3) is 5.57 Å². The third-order valence-corrected chi connectivity index (χ3v) is 7.44. The number of nitrogens with one attached hydrogen (secondary N) is 1. The van der Waals surface area contributed by atoms with Gasteiger partial charge in [-0.15, -0.1) is 0 Å². The number of likely N-dealkylation sites (N-methyl/N-ethyl adjacent to an activating group) is 1. The molecular weight excluding hydrogens is 478 g/mol.